The van der Waals surface area contributed by atoms with Crippen molar-refractivity contribution in [3.63, 3.8) is 0 Å². The zero-order valence-corrected chi connectivity index (χ0v) is 11.9. The highest BCUT2D eigenvalue weighted by Gasteiger charge is 2.21. The molecule has 2 atom stereocenters. The van der Waals surface area contributed by atoms with Gasteiger partial charge in [-0.25, -0.2) is 8.42 Å². The van der Waals surface area contributed by atoms with Crippen LogP contribution in [-0.2, 0) is 14.8 Å². The molecule has 106 valence electrons. The zero-order chi connectivity index (χ0) is 14.6. The second-order valence-corrected chi connectivity index (χ2v) is 5.92. The summed E-state index contributed by atoms with van der Waals surface area (Å²) in [4.78, 5) is 11.3. The lowest BCUT2D eigenvalue weighted by molar-refractivity contribution is -0.121. The molecule has 0 heterocycles. The van der Waals surface area contributed by atoms with Crippen molar-refractivity contribution in [2.24, 2.45) is 0 Å². The second-order valence-electron chi connectivity index (χ2n) is 4.20. The Kier molecular flexibility index (Phi) is 5.04. The minimum atomic E-state index is -3.75. The Labute approximate surface area is 112 Å². The zero-order valence-electron chi connectivity index (χ0n) is 11.0. The first-order valence-corrected chi connectivity index (χ1v) is 7.28. The Morgan fingerprint density at radius 2 is 1.74 bits per heavy atom. The van der Waals surface area contributed by atoms with Crippen LogP contribution in [-0.4, -0.2) is 32.5 Å². The van der Waals surface area contributed by atoms with E-state index in [4.69, 9.17) is 0 Å². The highest BCUT2D eigenvalue weighted by Crippen LogP contribution is 2.16. The first kappa shape index (κ1) is 15.6. The van der Waals surface area contributed by atoms with E-state index in [1.165, 1.54) is 38.2 Å². The van der Waals surface area contributed by atoms with Crippen LogP contribution in [0.25, 0.3) is 0 Å². The van der Waals surface area contributed by atoms with Gasteiger partial charge in [0.25, 0.3) is 0 Å². The molecule has 0 aliphatic rings. The Morgan fingerprint density at radius 3 is 2.16 bits per heavy atom. The molecule has 0 bridgehead atoms. The highest BCUT2D eigenvalue weighted by molar-refractivity contribution is 7.89. The standard InChI is InChI=1S/C12H18N2O4S/c1-8(12(16)13-3)14-19(17,18)11-6-4-10(5-7-11)9(2)15/h4-9,14-15H,1-3H3,(H,13,16). The fourth-order valence-corrected chi connectivity index (χ4v) is 2.70. The average molecular weight is 286 g/mol. The Morgan fingerprint density at radius 1 is 1.21 bits per heavy atom. The van der Waals surface area contributed by atoms with Crippen molar-refractivity contribution in [3.8, 4) is 0 Å². The van der Waals surface area contributed by atoms with Crippen LogP contribution in [0.3, 0.4) is 0 Å². The predicted molar refractivity (Wildman–Crippen MR) is 70.9 cm³/mol. The van der Waals surface area contributed by atoms with Gasteiger partial charge in [0.1, 0.15) is 0 Å². The van der Waals surface area contributed by atoms with Crippen LogP contribution in [0.1, 0.15) is 25.5 Å². The monoisotopic (exact) mass is 286 g/mol. The largest absolute Gasteiger partial charge is 0.389 e. The van der Waals surface area contributed by atoms with Gasteiger partial charge in [0.15, 0.2) is 0 Å². The quantitative estimate of drug-likeness (QED) is 0.718. The lowest BCUT2D eigenvalue weighted by atomic mass is 10.1. The van der Waals surface area contributed by atoms with E-state index in [-0.39, 0.29) is 4.90 Å². The van der Waals surface area contributed by atoms with E-state index in [0.29, 0.717) is 5.56 Å². The lowest BCUT2D eigenvalue weighted by Crippen LogP contribution is -2.43. The van der Waals surface area contributed by atoms with Crippen molar-refractivity contribution >= 4 is 15.9 Å². The van der Waals surface area contributed by atoms with Crippen LogP contribution < -0.4 is 10.0 Å². The molecule has 0 aromatic heterocycles. The van der Waals surface area contributed by atoms with E-state index in [0.717, 1.165) is 0 Å². The van der Waals surface area contributed by atoms with Gasteiger partial charge in [-0.05, 0) is 31.5 Å². The van der Waals surface area contributed by atoms with Gasteiger partial charge in [0.2, 0.25) is 15.9 Å². The Balaban J connectivity index is 2.91. The maximum absolute atomic E-state index is 12.0. The molecule has 2 unspecified atom stereocenters. The number of hydrogen-bond acceptors (Lipinski definition) is 4. The minimum absolute atomic E-state index is 0.0488. The van der Waals surface area contributed by atoms with E-state index in [1.54, 1.807) is 6.92 Å². The van der Waals surface area contributed by atoms with Gasteiger partial charge in [0, 0.05) is 7.05 Å². The van der Waals surface area contributed by atoms with E-state index < -0.39 is 28.1 Å². The molecule has 1 amide bonds. The summed E-state index contributed by atoms with van der Waals surface area (Å²) in [5.41, 5.74) is 0.623. The van der Waals surface area contributed by atoms with Gasteiger partial charge in [-0.2, -0.15) is 4.72 Å². The summed E-state index contributed by atoms with van der Waals surface area (Å²) >= 11 is 0. The molecule has 1 aromatic carbocycles. The van der Waals surface area contributed by atoms with Crippen molar-refractivity contribution in [1.29, 1.82) is 0 Å². The molecule has 0 spiro atoms. The summed E-state index contributed by atoms with van der Waals surface area (Å²) < 4.78 is 26.3. The summed E-state index contributed by atoms with van der Waals surface area (Å²) in [6, 6.07) is 4.99. The average Bonchev–Trinajstić information content (AvgIpc) is 2.37. The molecule has 3 N–H and O–H groups in total. The fraction of sp³-hybridized carbons (Fsp3) is 0.417. The number of amides is 1. The molecule has 0 aliphatic heterocycles. The van der Waals surface area contributed by atoms with Crippen LogP contribution in [0.5, 0.6) is 0 Å². The van der Waals surface area contributed by atoms with Crippen molar-refractivity contribution in [2.45, 2.75) is 30.9 Å². The molecule has 19 heavy (non-hydrogen) atoms. The van der Waals surface area contributed by atoms with E-state index in [1.807, 2.05) is 0 Å². The minimum Gasteiger partial charge on any atom is -0.389 e. The van der Waals surface area contributed by atoms with Gasteiger partial charge in [0.05, 0.1) is 17.0 Å². The molecular weight excluding hydrogens is 268 g/mol. The van der Waals surface area contributed by atoms with Crippen molar-refractivity contribution in [1.82, 2.24) is 10.0 Å². The molecule has 0 saturated heterocycles. The summed E-state index contributed by atoms with van der Waals surface area (Å²) in [5.74, 6) is -0.413. The number of rotatable bonds is 5. The molecule has 0 fully saturated rings. The molecule has 1 aromatic rings. The molecule has 0 saturated carbocycles. The Hall–Kier alpha value is -1.44. The maximum Gasteiger partial charge on any atom is 0.241 e. The van der Waals surface area contributed by atoms with Crippen LogP contribution in [0.4, 0.5) is 0 Å². The van der Waals surface area contributed by atoms with Crippen molar-refractivity contribution in [3.05, 3.63) is 29.8 Å². The summed E-state index contributed by atoms with van der Waals surface area (Å²) in [7, 11) is -2.31. The topological polar surface area (TPSA) is 95.5 Å². The molecule has 0 radical (unpaired) electrons. The number of hydrogen-bond donors (Lipinski definition) is 3. The molecule has 6 nitrogen and oxygen atoms in total. The number of benzene rings is 1. The summed E-state index contributed by atoms with van der Waals surface area (Å²) in [5, 5.41) is 11.7. The normalized spacial score (nSPS) is 14.7. The first-order chi connectivity index (χ1) is 8.77. The maximum atomic E-state index is 12.0. The lowest BCUT2D eigenvalue weighted by Gasteiger charge is -2.13. The number of nitrogens with one attached hydrogen (secondary N) is 2. The summed E-state index contributed by atoms with van der Waals surface area (Å²) in [6.45, 7) is 3.05. The fourth-order valence-electron chi connectivity index (χ4n) is 1.50. The third-order valence-electron chi connectivity index (χ3n) is 2.64. The third kappa shape index (κ3) is 4.02. The van der Waals surface area contributed by atoms with E-state index in [2.05, 4.69) is 10.0 Å². The number of carbonyl (C=O) groups excluding carboxylic acids is 1. The molecule has 7 heteroatoms. The van der Waals surface area contributed by atoms with E-state index >= 15 is 0 Å². The SMILES string of the molecule is CNC(=O)C(C)NS(=O)(=O)c1ccc(C(C)O)cc1. The molecule has 0 aliphatic carbocycles. The molecule has 1 rings (SSSR count). The van der Waals surface area contributed by atoms with Gasteiger partial charge >= 0.3 is 0 Å². The van der Waals surface area contributed by atoms with Gasteiger partial charge in [-0.15, -0.1) is 0 Å². The predicted octanol–water partition coefficient (Wildman–Crippen LogP) is 0.153. The van der Waals surface area contributed by atoms with Crippen molar-refractivity contribution < 1.29 is 18.3 Å². The van der Waals surface area contributed by atoms with Crippen LogP contribution in [0, 0.1) is 0 Å². The van der Waals surface area contributed by atoms with Crippen LogP contribution in [0.15, 0.2) is 29.2 Å². The first-order valence-electron chi connectivity index (χ1n) is 5.80. The van der Waals surface area contributed by atoms with Crippen LogP contribution in [0.2, 0.25) is 0 Å². The van der Waals surface area contributed by atoms with Crippen LogP contribution >= 0.6 is 0 Å². The Bertz CT molecular complexity index is 537. The van der Waals surface area contributed by atoms with E-state index in [9.17, 15) is 18.3 Å². The number of aliphatic hydroxyl groups excluding tert-OH is 1. The highest BCUT2D eigenvalue weighted by atomic mass is 32.2. The van der Waals surface area contributed by atoms with Crippen molar-refractivity contribution in [2.75, 3.05) is 7.05 Å². The number of likely N-dealkylation sites (N-methyl/N-ethyl adjacent to an activating group) is 1. The second kappa shape index (κ2) is 6.14. The molecular formula is C12H18N2O4S. The third-order valence-corrected chi connectivity index (χ3v) is 4.20. The van der Waals surface area contributed by atoms with Gasteiger partial charge < -0.3 is 10.4 Å². The van der Waals surface area contributed by atoms with Gasteiger partial charge in [-0.1, -0.05) is 12.1 Å². The number of sulfonamides is 1. The summed E-state index contributed by atoms with van der Waals surface area (Å²) in [6.07, 6.45) is -0.658. The smallest absolute Gasteiger partial charge is 0.241 e. The number of aliphatic hydroxyl groups is 1. The van der Waals surface area contributed by atoms with Gasteiger partial charge in [-0.3, -0.25) is 4.79 Å². The number of carbonyl (C=O) groups is 1.